The lowest BCUT2D eigenvalue weighted by atomic mass is 9.81. The van der Waals surface area contributed by atoms with E-state index in [4.69, 9.17) is 19.6 Å². The summed E-state index contributed by atoms with van der Waals surface area (Å²) in [6.45, 7) is 0.213. The highest BCUT2D eigenvalue weighted by atomic mass is 79.9. The van der Waals surface area contributed by atoms with Crippen molar-refractivity contribution in [1.29, 1.82) is 0 Å². The standard InChI is InChI=1S/C33H29BrF2N6O4/c34-27-8-3-1-6-22(27)19-33(32(44)41-38-20-23-10-13-24(35)18-28(23)36)30(26-7-2-4-9-29(26)40-42-37)46-31(39-33)21-11-14-25(15-12-21)45-17-5-16-43/h1-4,6-15,18,30,38,43H,5,16-17,19-20H2,(H,41,44)/t30-,33-/m0/s1. The monoisotopic (exact) mass is 690 g/mol. The van der Waals surface area contributed by atoms with Crippen LogP contribution in [0.5, 0.6) is 5.75 Å². The van der Waals surface area contributed by atoms with E-state index in [1.165, 1.54) is 6.07 Å². The van der Waals surface area contributed by atoms with Gasteiger partial charge < -0.3 is 14.6 Å². The lowest BCUT2D eigenvalue weighted by Gasteiger charge is -2.31. The third kappa shape index (κ3) is 7.35. The Labute approximate surface area is 271 Å². The number of aliphatic imine (C=N–C) groups is 1. The second-order valence-electron chi connectivity index (χ2n) is 10.3. The lowest BCUT2D eigenvalue weighted by Crippen LogP contribution is -2.53. The first kappa shape index (κ1) is 32.6. The fraction of sp³-hybridized carbons (Fsp3) is 0.212. The van der Waals surface area contributed by atoms with Crippen LogP contribution in [-0.2, 0) is 22.5 Å². The molecular weight excluding hydrogens is 662 g/mol. The number of halogens is 3. The normalized spacial score (nSPS) is 17.0. The molecule has 13 heteroatoms. The first-order valence-corrected chi connectivity index (χ1v) is 15.1. The van der Waals surface area contributed by atoms with Crippen molar-refractivity contribution in [3.8, 4) is 5.75 Å². The largest absolute Gasteiger partial charge is 0.494 e. The van der Waals surface area contributed by atoms with Crippen LogP contribution >= 0.6 is 15.9 Å². The topological polar surface area (TPSA) is 141 Å². The molecule has 5 rings (SSSR count). The molecule has 0 spiro atoms. The minimum absolute atomic E-state index is 0.0107. The lowest BCUT2D eigenvalue weighted by molar-refractivity contribution is -0.130. The molecular formula is C33H29BrF2N6O4. The number of aliphatic hydroxyl groups excluding tert-OH is 1. The molecule has 0 saturated carbocycles. The maximum absolute atomic E-state index is 14.4. The minimum Gasteiger partial charge on any atom is -0.494 e. The van der Waals surface area contributed by atoms with Crippen LogP contribution in [0.4, 0.5) is 14.5 Å². The van der Waals surface area contributed by atoms with Crippen molar-refractivity contribution in [3.63, 3.8) is 0 Å². The summed E-state index contributed by atoms with van der Waals surface area (Å²) in [6, 6.07) is 24.3. The molecule has 0 aromatic heterocycles. The van der Waals surface area contributed by atoms with Gasteiger partial charge in [0.15, 0.2) is 11.6 Å². The molecule has 0 unspecified atom stereocenters. The fourth-order valence-corrected chi connectivity index (χ4v) is 5.46. The Balaban J connectivity index is 1.57. The number of hydrogen-bond donors (Lipinski definition) is 3. The number of carbonyl (C=O) groups excluding carboxylic acids is 1. The molecule has 1 heterocycles. The number of nitrogens with zero attached hydrogens (tertiary/aromatic N) is 4. The first-order chi connectivity index (χ1) is 22.3. The molecule has 0 radical (unpaired) electrons. The van der Waals surface area contributed by atoms with Gasteiger partial charge in [-0.1, -0.05) is 69.6 Å². The smallest absolute Gasteiger partial charge is 0.266 e. The van der Waals surface area contributed by atoms with Crippen LogP contribution in [0.1, 0.15) is 34.8 Å². The number of ether oxygens (including phenoxy) is 2. The maximum Gasteiger partial charge on any atom is 0.266 e. The summed E-state index contributed by atoms with van der Waals surface area (Å²) in [5.74, 6) is -1.34. The molecule has 3 N–H and O–H groups in total. The summed E-state index contributed by atoms with van der Waals surface area (Å²) in [7, 11) is 0. The zero-order valence-corrected chi connectivity index (χ0v) is 26.0. The van der Waals surface area contributed by atoms with Crippen LogP contribution in [0, 0.1) is 11.6 Å². The predicted octanol–water partition coefficient (Wildman–Crippen LogP) is 6.75. The number of aliphatic hydroxyl groups is 1. The van der Waals surface area contributed by atoms with Gasteiger partial charge in [0, 0.05) is 63.8 Å². The van der Waals surface area contributed by atoms with E-state index in [0.29, 0.717) is 29.9 Å². The highest BCUT2D eigenvalue weighted by Gasteiger charge is 2.54. The van der Waals surface area contributed by atoms with Gasteiger partial charge in [-0.3, -0.25) is 10.2 Å². The van der Waals surface area contributed by atoms with Crippen molar-refractivity contribution in [2.45, 2.75) is 31.0 Å². The van der Waals surface area contributed by atoms with Gasteiger partial charge in [-0.25, -0.2) is 19.2 Å². The number of carbonyl (C=O) groups is 1. The Bertz CT molecular complexity index is 1780. The van der Waals surface area contributed by atoms with Gasteiger partial charge in [0.25, 0.3) is 5.91 Å². The number of hydrogen-bond acceptors (Lipinski definition) is 7. The van der Waals surface area contributed by atoms with Gasteiger partial charge in [0.1, 0.15) is 17.4 Å². The number of rotatable bonds is 13. The molecule has 46 heavy (non-hydrogen) atoms. The van der Waals surface area contributed by atoms with Gasteiger partial charge in [-0.15, -0.1) is 0 Å². The van der Waals surface area contributed by atoms with Gasteiger partial charge in [0.2, 0.25) is 5.90 Å². The number of amides is 1. The summed E-state index contributed by atoms with van der Waals surface area (Å²) in [4.78, 5) is 22.3. The van der Waals surface area contributed by atoms with Crippen LogP contribution < -0.4 is 15.6 Å². The summed E-state index contributed by atoms with van der Waals surface area (Å²) in [6.07, 6.45) is -0.534. The van der Waals surface area contributed by atoms with Crippen molar-refractivity contribution in [3.05, 3.63) is 140 Å². The molecule has 0 bridgehead atoms. The molecule has 4 aromatic rings. The summed E-state index contributed by atoms with van der Waals surface area (Å²) in [5, 5.41) is 12.9. The van der Waals surface area contributed by atoms with Crippen LogP contribution in [-0.4, -0.2) is 35.7 Å². The highest BCUT2D eigenvalue weighted by molar-refractivity contribution is 9.10. The van der Waals surface area contributed by atoms with Crippen molar-refractivity contribution in [2.75, 3.05) is 13.2 Å². The SMILES string of the molecule is [N-]=[N+]=Nc1ccccc1[C@@H]1OC(c2ccc(OCCCO)cc2)=N[C@]1(Cc1ccccc1Br)C(=O)NNCc1ccc(F)cc1F. The Morgan fingerprint density at radius 2 is 1.83 bits per heavy atom. The molecule has 0 fully saturated rings. The van der Waals surface area contributed by atoms with E-state index >= 15 is 0 Å². The average Bonchev–Trinajstić information content (AvgIpc) is 3.44. The van der Waals surface area contributed by atoms with Crippen LogP contribution in [0.25, 0.3) is 10.4 Å². The number of hydrazine groups is 1. The van der Waals surface area contributed by atoms with Crippen LogP contribution in [0.15, 0.2) is 106 Å². The third-order valence-electron chi connectivity index (χ3n) is 7.32. The second kappa shape index (κ2) is 15.0. The van der Waals surface area contributed by atoms with Crippen molar-refractivity contribution >= 4 is 33.4 Å². The van der Waals surface area contributed by atoms with Crippen molar-refractivity contribution < 1.29 is 28.2 Å². The van der Waals surface area contributed by atoms with E-state index in [0.717, 1.165) is 22.2 Å². The van der Waals surface area contributed by atoms with Gasteiger partial charge >= 0.3 is 0 Å². The van der Waals surface area contributed by atoms with Crippen LogP contribution in [0.2, 0.25) is 0 Å². The molecule has 4 aromatic carbocycles. The maximum atomic E-state index is 14.4. The third-order valence-corrected chi connectivity index (χ3v) is 8.09. The number of azide groups is 1. The molecule has 0 aliphatic carbocycles. The zero-order chi connectivity index (χ0) is 32.5. The first-order valence-electron chi connectivity index (χ1n) is 14.3. The zero-order valence-electron chi connectivity index (χ0n) is 24.4. The molecule has 0 saturated heterocycles. The highest BCUT2D eigenvalue weighted by Crippen LogP contribution is 2.46. The van der Waals surface area contributed by atoms with Crippen molar-refractivity contribution in [1.82, 2.24) is 10.9 Å². The molecule has 2 atom stereocenters. The van der Waals surface area contributed by atoms with E-state index < -0.39 is 29.2 Å². The van der Waals surface area contributed by atoms with Crippen LogP contribution in [0.3, 0.4) is 0 Å². The Kier molecular flexibility index (Phi) is 10.6. The Morgan fingerprint density at radius 1 is 1.07 bits per heavy atom. The van der Waals surface area contributed by atoms with E-state index in [1.54, 1.807) is 48.5 Å². The molecule has 1 aliphatic heterocycles. The fourth-order valence-electron chi connectivity index (χ4n) is 5.03. The van der Waals surface area contributed by atoms with Gasteiger partial charge in [-0.05, 0) is 47.5 Å². The second-order valence-corrected chi connectivity index (χ2v) is 11.2. The van der Waals surface area contributed by atoms with Gasteiger partial charge in [-0.2, -0.15) is 0 Å². The van der Waals surface area contributed by atoms with Gasteiger partial charge in [0.05, 0.1) is 6.61 Å². The van der Waals surface area contributed by atoms with E-state index in [-0.39, 0.29) is 36.7 Å². The molecule has 236 valence electrons. The van der Waals surface area contributed by atoms with E-state index in [2.05, 4.69) is 36.8 Å². The molecule has 1 aliphatic rings. The summed E-state index contributed by atoms with van der Waals surface area (Å²) < 4.78 is 40.7. The van der Waals surface area contributed by atoms with E-state index in [9.17, 15) is 19.1 Å². The predicted molar refractivity (Wildman–Crippen MR) is 171 cm³/mol. The molecule has 10 nitrogen and oxygen atoms in total. The van der Waals surface area contributed by atoms with E-state index in [1.807, 2.05) is 24.3 Å². The quantitative estimate of drug-likeness (QED) is 0.0468. The average molecular weight is 692 g/mol. The minimum atomic E-state index is -1.66. The molecule has 1 amide bonds. The number of nitrogens with one attached hydrogen (secondary N) is 2. The Hall–Kier alpha value is -4.81. The summed E-state index contributed by atoms with van der Waals surface area (Å²) in [5.41, 5.74) is 15.2. The Morgan fingerprint density at radius 3 is 2.57 bits per heavy atom. The summed E-state index contributed by atoms with van der Waals surface area (Å²) >= 11 is 3.58. The number of benzene rings is 4. The van der Waals surface area contributed by atoms with Crippen molar-refractivity contribution in [2.24, 2.45) is 10.1 Å².